The molecular weight excluding hydrogens is 324 g/mol. The molecule has 1 aromatic heterocycles. The van der Waals surface area contributed by atoms with E-state index in [0.717, 1.165) is 19.6 Å². The molecule has 1 saturated carbocycles. The molecule has 1 spiro atoms. The minimum atomic E-state index is 0. The highest BCUT2D eigenvalue weighted by atomic mass is 35.5. The minimum Gasteiger partial charge on any atom is -0.334 e. The molecule has 1 aliphatic carbocycles. The molecule has 1 unspecified atom stereocenters. The van der Waals surface area contributed by atoms with Crippen molar-refractivity contribution in [1.82, 2.24) is 10.2 Å². The quantitative estimate of drug-likeness (QED) is 0.889. The molecule has 0 radical (unpaired) electrons. The highest BCUT2D eigenvalue weighted by Crippen LogP contribution is 2.56. The minimum absolute atomic E-state index is 0. The van der Waals surface area contributed by atoms with Gasteiger partial charge in [0.15, 0.2) is 0 Å². The van der Waals surface area contributed by atoms with Crippen molar-refractivity contribution in [3.05, 3.63) is 22.4 Å². The summed E-state index contributed by atoms with van der Waals surface area (Å²) in [4.78, 5) is 14.6. The van der Waals surface area contributed by atoms with Crippen molar-refractivity contribution in [1.29, 1.82) is 0 Å². The van der Waals surface area contributed by atoms with Gasteiger partial charge in [0.25, 0.3) is 0 Å². The molecule has 1 amide bonds. The van der Waals surface area contributed by atoms with Gasteiger partial charge in [0.05, 0.1) is 5.75 Å². The van der Waals surface area contributed by atoms with E-state index in [9.17, 15) is 4.79 Å². The zero-order chi connectivity index (χ0) is 14.0. The third kappa shape index (κ3) is 3.76. The Morgan fingerprint density at radius 1 is 1.52 bits per heavy atom. The average molecular weight is 347 g/mol. The Kier molecular flexibility index (Phi) is 6.00. The van der Waals surface area contributed by atoms with Crippen LogP contribution in [-0.2, 0) is 11.3 Å². The lowest BCUT2D eigenvalue weighted by atomic mass is 9.93. The second kappa shape index (κ2) is 7.36. The first-order chi connectivity index (χ1) is 9.75. The molecule has 3 nitrogen and oxygen atoms in total. The van der Waals surface area contributed by atoms with E-state index in [2.05, 4.69) is 27.0 Å². The van der Waals surface area contributed by atoms with Gasteiger partial charge in [-0.15, -0.1) is 12.4 Å². The predicted octanol–water partition coefficient (Wildman–Crippen LogP) is 3.00. The Morgan fingerprint density at radius 2 is 2.29 bits per heavy atom. The number of nitrogens with zero attached hydrogens (tertiary/aromatic N) is 1. The van der Waals surface area contributed by atoms with Crippen molar-refractivity contribution in [3.8, 4) is 0 Å². The molecule has 1 N–H and O–H groups in total. The van der Waals surface area contributed by atoms with Crippen LogP contribution in [0, 0.1) is 5.41 Å². The second-order valence-electron chi connectivity index (χ2n) is 5.92. The van der Waals surface area contributed by atoms with E-state index in [-0.39, 0.29) is 12.4 Å². The smallest absolute Gasteiger partial charge is 0.233 e. The van der Waals surface area contributed by atoms with Crippen LogP contribution in [0.1, 0.15) is 24.8 Å². The third-order valence-corrected chi connectivity index (χ3v) is 5.91. The first-order valence-electron chi connectivity index (χ1n) is 7.25. The summed E-state index contributed by atoms with van der Waals surface area (Å²) in [6.45, 7) is 3.02. The van der Waals surface area contributed by atoms with Crippen molar-refractivity contribution >= 4 is 41.4 Å². The molecule has 21 heavy (non-hydrogen) atoms. The summed E-state index contributed by atoms with van der Waals surface area (Å²) in [7, 11) is 0. The van der Waals surface area contributed by atoms with Crippen LogP contribution in [-0.4, -0.2) is 41.9 Å². The number of thioether (sulfide) groups is 1. The lowest BCUT2D eigenvalue weighted by molar-refractivity contribution is -0.130. The number of carbonyl (C=O) groups is 1. The van der Waals surface area contributed by atoms with Crippen LogP contribution in [0.2, 0.25) is 0 Å². The fourth-order valence-corrected chi connectivity index (χ4v) is 4.46. The van der Waals surface area contributed by atoms with Gasteiger partial charge < -0.3 is 10.2 Å². The van der Waals surface area contributed by atoms with Gasteiger partial charge in [-0.2, -0.15) is 23.1 Å². The molecule has 0 bridgehead atoms. The molecule has 2 fully saturated rings. The van der Waals surface area contributed by atoms with Crippen molar-refractivity contribution in [2.24, 2.45) is 5.41 Å². The van der Waals surface area contributed by atoms with E-state index in [4.69, 9.17) is 0 Å². The molecule has 118 valence electrons. The summed E-state index contributed by atoms with van der Waals surface area (Å²) in [6, 6.07) is 2.62. The number of halogens is 1. The van der Waals surface area contributed by atoms with E-state index >= 15 is 0 Å². The lowest BCUT2D eigenvalue weighted by Gasteiger charge is -2.29. The topological polar surface area (TPSA) is 32.3 Å². The van der Waals surface area contributed by atoms with Gasteiger partial charge in [0.2, 0.25) is 5.91 Å². The van der Waals surface area contributed by atoms with Gasteiger partial charge >= 0.3 is 0 Å². The highest BCUT2D eigenvalue weighted by Gasteiger charge is 2.57. The summed E-state index contributed by atoms with van der Waals surface area (Å²) < 4.78 is 0. The maximum absolute atomic E-state index is 12.5. The van der Waals surface area contributed by atoms with Gasteiger partial charge in [-0.3, -0.25) is 4.79 Å². The summed E-state index contributed by atoms with van der Waals surface area (Å²) >= 11 is 3.34. The maximum atomic E-state index is 12.5. The summed E-state index contributed by atoms with van der Waals surface area (Å²) in [5.41, 5.74) is 1.70. The second-order valence-corrected chi connectivity index (χ2v) is 7.56. The van der Waals surface area contributed by atoms with Crippen LogP contribution >= 0.6 is 35.5 Å². The third-order valence-electron chi connectivity index (χ3n) is 4.64. The highest BCUT2D eigenvalue weighted by molar-refractivity contribution is 7.99. The van der Waals surface area contributed by atoms with Crippen molar-refractivity contribution in [3.63, 3.8) is 0 Å². The van der Waals surface area contributed by atoms with Crippen molar-refractivity contribution < 1.29 is 4.79 Å². The van der Waals surface area contributed by atoms with Gasteiger partial charge in [-0.05, 0) is 66.4 Å². The van der Waals surface area contributed by atoms with Crippen LogP contribution in [0.15, 0.2) is 16.8 Å². The largest absolute Gasteiger partial charge is 0.334 e. The molecule has 2 heterocycles. The van der Waals surface area contributed by atoms with Crippen molar-refractivity contribution in [2.75, 3.05) is 25.1 Å². The summed E-state index contributed by atoms with van der Waals surface area (Å²) in [6.07, 6.45) is 5.67. The molecule has 1 aliphatic heterocycles. The molecular formula is C15H23ClN2OS2. The monoisotopic (exact) mass is 346 g/mol. The molecule has 1 atom stereocenters. The van der Waals surface area contributed by atoms with Crippen LogP contribution in [0.4, 0.5) is 0 Å². The Hall–Kier alpha value is -0.230. The summed E-state index contributed by atoms with van der Waals surface area (Å²) in [5, 5.41) is 7.69. The van der Waals surface area contributed by atoms with E-state index in [1.165, 1.54) is 24.8 Å². The van der Waals surface area contributed by atoms with E-state index in [1.54, 1.807) is 23.1 Å². The Morgan fingerprint density at radius 3 is 2.90 bits per heavy atom. The number of amides is 1. The number of piperidine rings is 1. The number of nitrogens with one attached hydrogen (secondary N) is 1. The first kappa shape index (κ1) is 17.1. The Bertz CT molecular complexity index is 460. The van der Waals surface area contributed by atoms with E-state index in [1.807, 2.05) is 6.26 Å². The number of hydrogen-bond donors (Lipinski definition) is 1. The van der Waals surface area contributed by atoms with Crippen LogP contribution < -0.4 is 5.32 Å². The van der Waals surface area contributed by atoms with Crippen LogP contribution in [0.25, 0.3) is 0 Å². The lowest BCUT2D eigenvalue weighted by Crippen LogP contribution is -2.39. The van der Waals surface area contributed by atoms with Crippen molar-refractivity contribution in [2.45, 2.75) is 31.8 Å². The Balaban J connectivity index is 0.00000161. The van der Waals surface area contributed by atoms with E-state index in [0.29, 0.717) is 23.1 Å². The SMILES string of the molecule is CSCC(=O)N(Cc1ccsc1)C1CC12CCNCC2.Cl. The number of thiophene rings is 1. The molecule has 3 rings (SSSR count). The number of rotatable bonds is 5. The molecule has 6 heteroatoms. The van der Waals surface area contributed by atoms with Crippen LogP contribution in [0.3, 0.4) is 0 Å². The Labute approximate surface area is 141 Å². The standard InChI is InChI=1S/C15H22N2OS2.ClH/c1-19-11-14(18)17(9-12-2-7-20-10-12)13-8-15(13)3-5-16-6-4-15;/h2,7,10,13,16H,3-6,8-9,11H2,1H3;1H. The van der Waals surface area contributed by atoms with Gasteiger partial charge in [-0.1, -0.05) is 0 Å². The van der Waals surface area contributed by atoms with Crippen LogP contribution in [0.5, 0.6) is 0 Å². The van der Waals surface area contributed by atoms with E-state index < -0.39 is 0 Å². The van der Waals surface area contributed by atoms with Gasteiger partial charge in [0, 0.05) is 12.6 Å². The molecule has 1 saturated heterocycles. The number of carbonyl (C=O) groups excluding carboxylic acids is 1. The summed E-state index contributed by atoms with van der Waals surface area (Å²) in [5.74, 6) is 0.915. The number of hydrogen-bond acceptors (Lipinski definition) is 4. The van der Waals surface area contributed by atoms with Gasteiger partial charge in [0.1, 0.15) is 0 Å². The normalized spacial score (nSPS) is 22.6. The maximum Gasteiger partial charge on any atom is 0.233 e. The fourth-order valence-electron chi connectivity index (χ4n) is 3.39. The first-order valence-corrected chi connectivity index (χ1v) is 9.59. The fraction of sp³-hybridized carbons (Fsp3) is 0.667. The molecule has 2 aliphatic rings. The molecule has 1 aromatic rings. The predicted molar refractivity (Wildman–Crippen MR) is 93.4 cm³/mol. The zero-order valence-electron chi connectivity index (χ0n) is 12.3. The molecule has 0 aromatic carbocycles. The average Bonchev–Trinajstić information content (AvgIpc) is 2.90. The van der Waals surface area contributed by atoms with Gasteiger partial charge in [-0.25, -0.2) is 0 Å². The zero-order valence-corrected chi connectivity index (χ0v) is 14.8.